The Hall–Kier alpha value is -2.21. The van der Waals surface area contributed by atoms with Gasteiger partial charge in [0.2, 0.25) is 0 Å². The van der Waals surface area contributed by atoms with Crippen LogP contribution < -0.4 is 5.32 Å². The SMILES string of the molecule is CCOC(=O)c1ncn2c1CNCc1cc(CC)c(F)cc1-2. The van der Waals surface area contributed by atoms with Crippen molar-refractivity contribution in [2.24, 2.45) is 0 Å². The first-order chi connectivity index (χ1) is 10.7. The normalized spacial score (nSPS) is 13.2. The smallest absolute Gasteiger partial charge is 0.358 e. The van der Waals surface area contributed by atoms with Gasteiger partial charge in [-0.05, 0) is 36.6 Å². The molecule has 1 aliphatic rings. The zero-order chi connectivity index (χ0) is 15.7. The Labute approximate surface area is 128 Å². The van der Waals surface area contributed by atoms with Crippen molar-refractivity contribution in [2.45, 2.75) is 33.4 Å². The number of esters is 1. The van der Waals surface area contributed by atoms with E-state index in [0.29, 0.717) is 37.4 Å². The van der Waals surface area contributed by atoms with E-state index in [1.807, 2.05) is 13.0 Å². The highest BCUT2D eigenvalue weighted by Gasteiger charge is 2.23. The fraction of sp³-hybridized carbons (Fsp3) is 0.375. The quantitative estimate of drug-likeness (QED) is 0.884. The average Bonchev–Trinajstić information content (AvgIpc) is 2.84. The fourth-order valence-corrected chi connectivity index (χ4v) is 2.73. The van der Waals surface area contributed by atoms with E-state index >= 15 is 0 Å². The van der Waals surface area contributed by atoms with E-state index in [1.54, 1.807) is 17.8 Å². The van der Waals surface area contributed by atoms with E-state index < -0.39 is 5.97 Å². The average molecular weight is 303 g/mol. The van der Waals surface area contributed by atoms with Gasteiger partial charge in [0, 0.05) is 13.1 Å². The highest BCUT2D eigenvalue weighted by atomic mass is 19.1. The topological polar surface area (TPSA) is 56.1 Å². The number of aryl methyl sites for hydroxylation is 1. The predicted molar refractivity (Wildman–Crippen MR) is 79.4 cm³/mol. The Morgan fingerprint density at radius 3 is 2.95 bits per heavy atom. The number of fused-ring (bicyclic) bond motifs is 3. The second-order valence-corrected chi connectivity index (χ2v) is 5.16. The van der Waals surface area contributed by atoms with Crippen LogP contribution in [-0.2, 0) is 24.2 Å². The minimum Gasteiger partial charge on any atom is -0.461 e. The van der Waals surface area contributed by atoms with Crippen molar-refractivity contribution < 1.29 is 13.9 Å². The van der Waals surface area contributed by atoms with Gasteiger partial charge in [0.25, 0.3) is 0 Å². The van der Waals surface area contributed by atoms with Gasteiger partial charge >= 0.3 is 5.97 Å². The molecular weight excluding hydrogens is 285 g/mol. The van der Waals surface area contributed by atoms with Crippen LogP contribution in [0, 0.1) is 5.82 Å². The predicted octanol–water partition coefficient (Wildman–Crippen LogP) is 2.35. The summed E-state index contributed by atoms with van der Waals surface area (Å²) in [5.74, 6) is -0.687. The van der Waals surface area contributed by atoms with E-state index in [0.717, 1.165) is 11.3 Å². The summed E-state index contributed by atoms with van der Waals surface area (Å²) in [5, 5.41) is 3.26. The minimum atomic E-state index is -0.452. The van der Waals surface area contributed by atoms with Crippen molar-refractivity contribution in [2.75, 3.05) is 6.61 Å². The highest BCUT2D eigenvalue weighted by Crippen LogP contribution is 2.25. The van der Waals surface area contributed by atoms with Gasteiger partial charge in [-0.15, -0.1) is 0 Å². The lowest BCUT2D eigenvalue weighted by molar-refractivity contribution is 0.0518. The molecule has 116 valence electrons. The summed E-state index contributed by atoms with van der Waals surface area (Å²) in [5.41, 5.74) is 3.38. The van der Waals surface area contributed by atoms with Crippen LogP contribution in [0.5, 0.6) is 0 Å². The molecule has 0 radical (unpaired) electrons. The number of nitrogens with zero attached hydrogens (tertiary/aromatic N) is 2. The zero-order valence-electron chi connectivity index (χ0n) is 12.6. The van der Waals surface area contributed by atoms with Crippen molar-refractivity contribution in [3.05, 3.63) is 46.8 Å². The first-order valence-electron chi connectivity index (χ1n) is 7.41. The van der Waals surface area contributed by atoms with Crippen LogP contribution in [0.3, 0.4) is 0 Å². The third kappa shape index (κ3) is 2.39. The van der Waals surface area contributed by atoms with Gasteiger partial charge in [-0.1, -0.05) is 6.92 Å². The van der Waals surface area contributed by atoms with Crippen molar-refractivity contribution in [1.82, 2.24) is 14.9 Å². The number of imidazole rings is 1. The number of hydrogen-bond donors (Lipinski definition) is 1. The third-order valence-electron chi connectivity index (χ3n) is 3.83. The lowest BCUT2D eigenvalue weighted by atomic mass is 10.1. The van der Waals surface area contributed by atoms with E-state index in [-0.39, 0.29) is 11.5 Å². The van der Waals surface area contributed by atoms with Crippen molar-refractivity contribution in [1.29, 1.82) is 0 Å². The Kier molecular flexibility index (Phi) is 3.94. The van der Waals surface area contributed by atoms with E-state index in [1.165, 1.54) is 6.07 Å². The van der Waals surface area contributed by atoms with Crippen LogP contribution in [0.2, 0.25) is 0 Å². The van der Waals surface area contributed by atoms with Gasteiger partial charge in [-0.3, -0.25) is 0 Å². The van der Waals surface area contributed by atoms with Crippen LogP contribution in [0.25, 0.3) is 5.69 Å². The van der Waals surface area contributed by atoms with Gasteiger partial charge in [0.1, 0.15) is 12.1 Å². The monoisotopic (exact) mass is 303 g/mol. The molecule has 1 aliphatic heterocycles. The van der Waals surface area contributed by atoms with Crippen LogP contribution in [-0.4, -0.2) is 22.1 Å². The molecule has 6 heteroatoms. The van der Waals surface area contributed by atoms with E-state index in [2.05, 4.69) is 10.3 Å². The minimum absolute atomic E-state index is 0.236. The van der Waals surface area contributed by atoms with Crippen molar-refractivity contribution in [3.8, 4) is 5.69 Å². The number of aromatic nitrogens is 2. The molecule has 2 heterocycles. The summed E-state index contributed by atoms with van der Waals surface area (Å²) in [7, 11) is 0. The number of carbonyl (C=O) groups excluding carboxylic acids is 1. The second kappa shape index (κ2) is 5.88. The first kappa shape index (κ1) is 14.7. The molecule has 0 spiro atoms. The fourth-order valence-electron chi connectivity index (χ4n) is 2.73. The van der Waals surface area contributed by atoms with Crippen molar-refractivity contribution >= 4 is 5.97 Å². The van der Waals surface area contributed by atoms with E-state index in [4.69, 9.17) is 4.74 Å². The van der Waals surface area contributed by atoms with Gasteiger partial charge in [-0.25, -0.2) is 14.2 Å². The third-order valence-corrected chi connectivity index (χ3v) is 3.83. The molecule has 22 heavy (non-hydrogen) atoms. The van der Waals surface area contributed by atoms with Crippen LogP contribution >= 0.6 is 0 Å². The van der Waals surface area contributed by atoms with Gasteiger partial charge in [-0.2, -0.15) is 0 Å². The molecule has 1 aromatic heterocycles. The molecular formula is C16H18FN3O2. The molecule has 0 bridgehead atoms. The molecule has 0 aliphatic carbocycles. The number of nitrogens with one attached hydrogen (secondary N) is 1. The molecule has 0 unspecified atom stereocenters. The zero-order valence-corrected chi connectivity index (χ0v) is 12.6. The molecule has 0 saturated carbocycles. The highest BCUT2D eigenvalue weighted by molar-refractivity contribution is 5.88. The lowest BCUT2D eigenvalue weighted by Crippen LogP contribution is -2.15. The number of ether oxygens (including phenoxy) is 1. The number of benzene rings is 1. The molecule has 5 nitrogen and oxygen atoms in total. The Morgan fingerprint density at radius 2 is 2.23 bits per heavy atom. The summed E-state index contributed by atoms with van der Waals surface area (Å²) >= 11 is 0. The number of hydrogen-bond acceptors (Lipinski definition) is 4. The van der Waals surface area contributed by atoms with Gasteiger partial charge < -0.3 is 14.6 Å². The summed E-state index contributed by atoms with van der Waals surface area (Å²) in [4.78, 5) is 16.1. The molecule has 0 fully saturated rings. The summed E-state index contributed by atoms with van der Waals surface area (Å²) in [6, 6.07) is 3.39. The summed E-state index contributed by atoms with van der Waals surface area (Å²) in [6.45, 7) is 5.07. The lowest BCUT2D eigenvalue weighted by Gasteiger charge is -2.11. The van der Waals surface area contributed by atoms with Gasteiger partial charge in [0.05, 0.1) is 18.0 Å². The van der Waals surface area contributed by atoms with Crippen LogP contribution in [0.15, 0.2) is 18.5 Å². The molecule has 0 amide bonds. The number of carbonyl (C=O) groups is 1. The maximum Gasteiger partial charge on any atom is 0.358 e. The first-order valence-corrected chi connectivity index (χ1v) is 7.41. The standard InChI is InChI=1S/C16H18FN3O2/c1-3-10-5-11-7-18-8-14-15(16(21)22-4-2)19-9-20(14)13(11)6-12(10)17/h5-6,9,18H,3-4,7-8H2,1-2H3. The second-order valence-electron chi connectivity index (χ2n) is 5.16. The van der Waals surface area contributed by atoms with Crippen LogP contribution in [0.1, 0.15) is 41.2 Å². The van der Waals surface area contributed by atoms with Crippen LogP contribution in [0.4, 0.5) is 4.39 Å². The maximum atomic E-state index is 14.1. The number of halogens is 1. The molecule has 3 rings (SSSR count). The maximum absolute atomic E-state index is 14.1. The molecule has 1 N–H and O–H groups in total. The molecule has 2 aromatic rings. The Bertz CT molecular complexity index is 724. The number of rotatable bonds is 3. The van der Waals surface area contributed by atoms with Gasteiger partial charge in [0.15, 0.2) is 5.69 Å². The summed E-state index contributed by atoms with van der Waals surface area (Å²) in [6.07, 6.45) is 2.20. The van der Waals surface area contributed by atoms with Crippen molar-refractivity contribution in [3.63, 3.8) is 0 Å². The largest absolute Gasteiger partial charge is 0.461 e. The molecule has 0 saturated heterocycles. The molecule has 1 aromatic carbocycles. The van der Waals surface area contributed by atoms with E-state index in [9.17, 15) is 9.18 Å². The Balaban J connectivity index is 2.12. The summed E-state index contributed by atoms with van der Waals surface area (Å²) < 4.78 is 20.9. The Morgan fingerprint density at radius 1 is 1.41 bits per heavy atom. The molecule has 0 atom stereocenters.